The topological polar surface area (TPSA) is 66.4 Å². The smallest absolute Gasteiger partial charge is 0.306 e. The number of hydrogen-bond donors (Lipinski definition) is 2. The highest BCUT2D eigenvalue weighted by atomic mass is 16.4. The van der Waals surface area contributed by atoms with Crippen LogP contribution in [0, 0.1) is 11.8 Å². The fourth-order valence-electron chi connectivity index (χ4n) is 4.22. The summed E-state index contributed by atoms with van der Waals surface area (Å²) in [5, 5.41) is 12.2. The molecule has 1 aromatic rings. The van der Waals surface area contributed by atoms with Gasteiger partial charge in [0.05, 0.1) is 5.92 Å². The minimum Gasteiger partial charge on any atom is -0.481 e. The molecule has 1 aromatic carbocycles. The molecule has 0 radical (unpaired) electrons. The lowest BCUT2D eigenvalue weighted by Crippen LogP contribution is -2.42. The second-order valence-corrected chi connectivity index (χ2v) is 7.35. The number of aliphatic carboxylic acids is 1. The van der Waals surface area contributed by atoms with Gasteiger partial charge < -0.3 is 10.4 Å². The van der Waals surface area contributed by atoms with Crippen LogP contribution in [0.4, 0.5) is 0 Å². The van der Waals surface area contributed by atoms with Gasteiger partial charge in [-0.25, -0.2) is 0 Å². The minimum absolute atomic E-state index is 0.127. The Morgan fingerprint density at radius 2 is 1.42 bits per heavy atom. The van der Waals surface area contributed by atoms with E-state index in [1.807, 2.05) is 6.07 Å². The minimum atomic E-state index is -0.695. The van der Waals surface area contributed by atoms with E-state index < -0.39 is 5.97 Å². The fraction of sp³-hybridized carbons (Fsp3) is 0.600. The predicted octanol–water partition coefficient (Wildman–Crippen LogP) is 3.72. The van der Waals surface area contributed by atoms with Crippen molar-refractivity contribution in [3.05, 3.63) is 35.9 Å². The van der Waals surface area contributed by atoms with E-state index in [0.29, 0.717) is 18.8 Å². The first-order valence-corrected chi connectivity index (χ1v) is 9.21. The van der Waals surface area contributed by atoms with Crippen LogP contribution in [0.15, 0.2) is 30.3 Å². The molecule has 130 valence electrons. The maximum Gasteiger partial charge on any atom is 0.306 e. The third-order valence-corrected chi connectivity index (χ3v) is 5.79. The summed E-state index contributed by atoms with van der Waals surface area (Å²) in [6.07, 6.45) is 7.01. The summed E-state index contributed by atoms with van der Waals surface area (Å²) in [6, 6.07) is 10.8. The maximum absolute atomic E-state index is 12.5. The molecule has 0 bridgehead atoms. The Balaban J connectivity index is 1.43. The Labute approximate surface area is 143 Å². The van der Waals surface area contributed by atoms with E-state index in [-0.39, 0.29) is 23.8 Å². The van der Waals surface area contributed by atoms with Crippen molar-refractivity contribution < 1.29 is 14.7 Å². The van der Waals surface area contributed by atoms with Crippen molar-refractivity contribution in [3.8, 4) is 0 Å². The summed E-state index contributed by atoms with van der Waals surface area (Å²) in [5.41, 5.74) is 1.39. The van der Waals surface area contributed by atoms with Crippen LogP contribution in [-0.2, 0) is 9.59 Å². The first-order valence-electron chi connectivity index (χ1n) is 9.21. The predicted molar refractivity (Wildman–Crippen MR) is 92.7 cm³/mol. The lowest BCUT2D eigenvalue weighted by molar-refractivity contribution is -0.142. The van der Waals surface area contributed by atoms with E-state index in [1.165, 1.54) is 5.56 Å². The zero-order chi connectivity index (χ0) is 16.9. The summed E-state index contributed by atoms with van der Waals surface area (Å²) in [7, 11) is 0. The summed E-state index contributed by atoms with van der Waals surface area (Å²) >= 11 is 0. The quantitative estimate of drug-likeness (QED) is 0.885. The second kappa shape index (κ2) is 7.82. The molecule has 3 rings (SSSR count). The highest BCUT2D eigenvalue weighted by molar-refractivity contribution is 5.79. The van der Waals surface area contributed by atoms with Gasteiger partial charge >= 0.3 is 5.97 Å². The Bertz CT molecular complexity index is 556. The largest absolute Gasteiger partial charge is 0.481 e. The first-order chi connectivity index (χ1) is 11.6. The van der Waals surface area contributed by atoms with Gasteiger partial charge in [0.1, 0.15) is 0 Å². The number of carbonyl (C=O) groups is 2. The highest BCUT2D eigenvalue weighted by Gasteiger charge is 2.30. The molecule has 0 heterocycles. The molecule has 0 unspecified atom stereocenters. The maximum atomic E-state index is 12.5. The van der Waals surface area contributed by atoms with Crippen molar-refractivity contribution in [2.24, 2.45) is 11.8 Å². The normalized spacial score (nSPS) is 30.5. The van der Waals surface area contributed by atoms with E-state index in [4.69, 9.17) is 5.11 Å². The van der Waals surface area contributed by atoms with Crippen molar-refractivity contribution in [1.29, 1.82) is 0 Å². The van der Waals surface area contributed by atoms with Crippen molar-refractivity contribution in [3.63, 3.8) is 0 Å². The third kappa shape index (κ3) is 4.16. The molecule has 1 amide bonds. The fourth-order valence-corrected chi connectivity index (χ4v) is 4.22. The summed E-state index contributed by atoms with van der Waals surface area (Å²) in [6.45, 7) is 0. The molecular weight excluding hydrogens is 302 g/mol. The second-order valence-electron chi connectivity index (χ2n) is 7.35. The van der Waals surface area contributed by atoms with Gasteiger partial charge in [0.25, 0.3) is 0 Å². The highest BCUT2D eigenvalue weighted by Crippen LogP contribution is 2.36. The Kier molecular flexibility index (Phi) is 5.54. The van der Waals surface area contributed by atoms with Crippen LogP contribution in [0.1, 0.15) is 62.8 Å². The van der Waals surface area contributed by atoms with Crippen LogP contribution in [0.5, 0.6) is 0 Å². The van der Waals surface area contributed by atoms with Crippen molar-refractivity contribution in [1.82, 2.24) is 5.32 Å². The van der Waals surface area contributed by atoms with Gasteiger partial charge in [-0.15, -0.1) is 0 Å². The number of nitrogens with one attached hydrogen (secondary N) is 1. The van der Waals surface area contributed by atoms with E-state index in [2.05, 4.69) is 29.6 Å². The molecule has 0 spiro atoms. The van der Waals surface area contributed by atoms with Gasteiger partial charge in [0, 0.05) is 12.0 Å². The average Bonchev–Trinajstić information content (AvgIpc) is 2.63. The molecule has 0 aliphatic heterocycles. The average molecular weight is 329 g/mol. The third-order valence-electron chi connectivity index (χ3n) is 5.79. The van der Waals surface area contributed by atoms with E-state index in [1.54, 1.807) is 0 Å². The molecule has 2 fully saturated rings. The number of rotatable bonds is 4. The van der Waals surface area contributed by atoms with Crippen molar-refractivity contribution in [2.45, 2.75) is 63.3 Å². The molecule has 2 N–H and O–H groups in total. The molecule has 0 saturated heterocycles. The molecule has 2 aliphatic rings. The van der Waals surface area contributed by atoms with E-state index in [0.717, 1.165) is 38.5 Å². The monoisotopic (exact) mass is 329 g/mol. The van der Waals surface area contributed by atoms with Gasteiger partial charge in [-0.2, -0.15) is 0 Å². The summed E-state index contributed by atoms with van der Waals surface area (Å²) < 4.78 is 0. The molecule has 0 atom stereocenters. The van der Waals surface area contributed by atoms with Gasteiger partial charge in [0.2, 0.25) is 5.91 Å². The van der Waals surface area contributed by atoms with E-state index in [9.17, 15) is 9.59 Å². The van der Waals surface area contributed by atoms with Gasteiger partial charge in [-0.3, -0.25) is 9.59 Å². The van der Waals surface area contributed by atoms with Crippen molar-refractivity contribution >= 4 is 11.9 Å². The number of hydrogen-bond acceptors (Lipinski definition) is 2. The number of benzene rings is 1. The zero-order valence-corrected chi connectivity index (χ0v) is 14.1. The molecular formula is C20H27NO3. The molecule has 2 aliphatic carbocycles. The van der Waals surface area contributed by atoms with Crippen molar-refractivity contribution in [2.75, 3.05) is 0 Å². The molecule has 0 aromatic heterocycles. The van der Waals surface area contributed by atoms with Crippen LogP contribution in [-0.4, -0.2) is 23.0 Å². The molecule has 24 heavy (non-hydrogen) atoms. The van der Waals surface area contributed by atoms with Gasteiger partial charge in [-0.05, 0) is 62.8 Å². The summed E-state index contributed by atoms with van der Waals surface area (Å²) in [5.74, 6) is -0.0258. The standard InChI is InChI=1S/C20H27NO3/c22-19(21-18-12-10-17(11-13-18)20(23)24)16-8-6-15(7-9-16)14-4-2-1-3-5-14/h1-5,15-18H,6-13H2,(H,21,22)(H,23,24). The van der Waals surface area contributed by atoms with Crippen LogP contribution in [0.25, 0.3) is 0 Å². The molecule has 2 saturated carbocycles. The Hall–Kier alpha value is -1.84. The molecule has 4 nitrogen and oxygen atoms in total. The SMILES string of the molecule is O=C(O)C1CCC(NC(=O)C2CCC(c3ccccc3)CC2)CC1. The van der Waals surface area contributed by atoms with Crippen LogP contribution < -0.4 is 5.32 Å². The number of amides is 1. The van der Waals surface area contributed by atoms with Gasteiger partial charge in [0.15, 0.2) is 0 Å². The van der Waals surface area contributed by atoms with Crippen LogP contribution in [0.2, 0.25) is 0 Å². The van der Waals surface area contributed by atoms with Crippen LogP contribution >= 0.6 is 0 Å². The Morgan fingerprint density at radius 1 is 0.833 bits per heavy atom. The van der Waals surface area contributed by atoms with Crippen LogP contribution in [0.3, 0.4) is 0 Å². The van der Waals surface area contributed by atoms with Gasteiger partial charge in [-0.1, -0.05) is 30.3 Å². The number of carbonyl (C=O) groups excluding carboxylic acids is 1. The zero-order valence-electron chi connectivity index (χ0n) is 14.1. The lowest BCUT2D eigenvalue weighted by Gasteiger charge is -2.31. The number of carboxylic acids is 1. The first kappa shape index (κ1) is 17.0. The number of carboxylic acid groups (broad SMARTS) is 1. The van der Waals surface area contributed by atoms with E-state index >= 15 is 0 Å². The Morgan fingerprint density at radius 3 is 2.00 bits per heavy atom. The molecule has 4 heteroatoms. The lowest BCUT2D eigenvalue weighted by atomic mass is 9.78. The summed E-state index contributed by atoms with van der Waals surface area (Å²) in [4.78, 5) is 23.5.